The average molecular weight is 358 g/mol. The second-order valence-corrected chi connectivity index (χ2v) is 5.97. The van der Waals surface area contributed by atoms with Gasteiger partial charge < -0.3 is 20.9 Å². The number of benzene rings is 2. The van der Waals surface area contributed by atoms with E-state index in [0.29, 0.717) is 23.5 Å². The molecule has 26 heavy (non-hydrogen) atoms. The molecule has 0 aromatic heterocycles. The van der Waals surface area contributed by atoms with Gasteiger partial charge in [-0.1, -0.05) is 13.0 Å². The van der Waals surface area contributed by atoms with Crippen LogP contribution in [-0.2, 0) is 0 Å². The maximum Gasteiger partial charge on any atom is 0.323 e. The summed E-state index contributed by atoms with van der Waals surface area (Å²) in [7, 11) is 3.69. The lowest BCUT2D eigenvalue weighted by molar-refractivity contribution is 0.0954. The van der Waals surface area contributed by atoms with Crippen molar-refractivity contribution in [3.63, 3.8) is 0 Å². The number of hydrogen-bond donors (Lipinski definition) is 3. The molecule has 0 aliphatic rings. The molecule has 0 fully saturated rings. The number of rotatable bonds is 6. The van der Waals surface area contributed by atoms with Crippen LogP contribution in [0.15, 0.2) is 42.5 Å². The van der Waals surface area contributed by atoms with Crippen LogP contribution in [0.2, 0.25) is 0 Å². The molecule has 0 spiro atoms. The molecule has 0 unspecified atom stereocenters. The van der Waals surface area contributed by atoms with Crippen LogP contribution in [0.25, 0.3) is 0 Å². The summed E-state index contributed by atoms with van der Waals surface area (Å²) in [6, 6.07) is 10.2. The second kappa shape index (κ2) is 8.84. The summed E-state index contributed by atoms with van der Waals surface area (Å²) in [5.74, 6) is -0.641. The molecule has 0 aliphatic heterocycles. The van der Waals surface area contributed by atoms with Gasteiger partial charge in [-0.2, -0.15) is 0 Å². The van der Waals surface area contributed by atoms with Crippen molar-refractivity contribution in [2.75, 3.05) is 36.2 Å². The quantitative estimate of drug-likeness (QED) is 0.738. The Kier molecular flexibility index (Phi) is 6.54. The van der Waals surface area contributed by atoms with E-state index in [4.69, 9.17) is 0 Å². The first kappa shape index (κ1) is 19.2. The molecule has 0 atom stereocenters. The first-order valence-corrected chi connectivity index (χ1v) is 8.34. The summed E-state index contributed by atoms with van der Waals surface area (Å²) in [5.41, 5.74) is 2.01. The third-order valence-electron chi connectivity index (χ3n) is 3.60. The Morgan fingerprint density at radius 1 is 1.04 bits per heavy atom. The molecule has 138 valence electrons. The van der Waals surface area contributed by atoms with Crippen molar-refractivity contribution in [2.24, 2.45) is 0 Å². The minimum atomic E-state index is -0.520. The third-order valence-corrected chi connectivity index (χ3v) is 3.60. The van der Waals surface area contributed by atoms with E-state index in [1.807, 2.05) is 25.9 Å². The largest absolute Gasteiger partial charge is 0.377 e. The number of nitrogens with one attached hydrogen (secondary N) is 3. The molecule has 6 nitrogen and oxygen atoms in total. The molecular weight excluding hydrogens is 335 g/mol. The first-order chi connectivity index (χ1) is 12.4. The molecule has 0 heterocycles. The average Bonchev–Trinajstić information content (AvgIpc) is 2.59. The summed E-state index contributed by atoms with van der Waals surface area (Å²) >= 11 is 0. The molecule has 0 radical (unpaired) electrons. The highest BCUT2D eigenvalue weighted by molar-refractivity contribution is 6.03. The van der Waals surface area contributed by atoms with E-state index in [-0.39, 0.29) is 5.91 Å². The Morgan fingerprint density at radius 2 is 1.73 bits per heavy atom. The van der Waals surface area contributed by atoms with Crippen LogP contribution in [0, 0.1) is 5.82 Å². The van der Waals surface area contributed by atoms with Gasteiger partial charge in [0.2, 0.25) is 0 Å². The van der Waals surface area contributed by atoms with Crippen molar-refractivity contribution in [1.29, 1.82) is 0 Å². The zero-order chi connectivity index (χ0) is 19.1. The monoisotopic (exact) mass is 358 g/mol. The van der Waals surface area contributed by atoms with Crippen molar-refractivity contribution in [3.05, 3.63) is 53.8 Å². The van der Waals surface area contributed by atoms with Crippen LogP contribution >= 0.6 is 0 Å². The van der Waals surface area contributed by atoms with Gasteiger partial charge in [0.05, 0.1) is 5.56 Å². The van der Waals surface area contributed by atoms with Gasteiger partial charge in [-0.25, -0.2) is 9.18 Å². The summed E-state index contributed by atoms with van der Waals surface area (Å²) in [6.07, 6.45) is 0.830. The molecule has 2 rings (SSSR count). The number of urea groups is 1. The maximum absolute atomic E-state index is 13.2. The van der Waals surface area contributed by atoms with Gasteiger partial charge in [0.25, 0.3) is 5.91 Å². The predicted octanol–water partition coefficient (Wildman–Crippen LogP) is 3.68. The molecule has 3 amide bonds. The van der Waals surface area contributed by atoms with Gasteiger partial charge in [-0.3, -0.25) is 4.79 Å². The van der Waals surface area contributed by atoms with E-state index in [1.54, 1.807) is 24.3 Å². The zero-order valence-corrected chi connectivity index (χ0v) is 15.1. The third kappa shape index (κ3) is 5.20. The van der Waals surface area contributed by atoms with Crippen LogP contribution < -0.4 is 20.9 Å². The van der Waals surface area contributed by atoms with Gasteiger partial charge in [-0.05, 0) is 42.8 Å². The van der Waals surface area contributed by atoms with E-state index in [2.05, 4.69) is 16.0 Å². The smallest absolute Gasteiger partial charge is 0.323 e. The lowest BCUT2D eigenvalue weighted by Gasteiger charge is -2.18. The van der Waals surface area contributed by atoms with Crippen molar-refractivity contribution in [3.8, 4) is 0 Å². The molecule has 2 aromatic rings. The molecule has 0 aliphatic carbocycles. The fourth-order valence-electron chi connectivity index (χ4n) is 2.38. The Balaban J connectivity index is 2.16. The first-order valence-electron chi connectivity index (χ1n) is 8.34. The lowest BCUT2D eigenvalue weighted by Crippen LogP contribution is -2.27. The topological polar surface area (TPSA) is 73.5 Å². The minimum Gasteiger partial charge on any atom is -0.377 e. The van der Waals surface area contributed by atoms with E-state index in [1.165, 1.54) is 18.2 Å². The molecular formula is C19H23FN4O2. The highest BCUT2D eigenvalue weighted by atomic mass is 19.1. The Labute approximate surface area is 152 Å². The molecule has 0 bridgehead atoms. The van der Waals surface area contributed by atoms with Crippen LogP contribution in [0.5, 0.6) is 0 Å². The lowest BCUT2D eigenvalue weighted by atomic mass is 10.1. The van der Waals surface area contributed by atoms with Gasteiger partial charge in [-0.15, -0.1) is 0 Å². The van der Waals surface area contributed by atoms with E-state index in [9.17, 15) is 14.0 Å². The van der Waals surface area contributed by atoms with Crippen molar-refractivity contribution >= 4 is 29.0 Å². The number of hydrogen-bond acceptors (Lipinski definition) is 3. The fraction of sp³-hybridized carbons (Fsp3) is 0.263. The number of nitrogens with zero attached hydrogens (tertiary/aromatic N) is 1. The molecule has 0 saturated heterocycles. The Bertz CT molecular complexity index is 793. The van der Waals surface area contributed by atoms with Gasteiger partial charge in [0.15, 0.2) is 0 Å². The van der Waals surface area contributed by atoms with Crippen molar-refractivity contribution in [2.45, 2.75) is 13.3 Å². The molecule has 3 N–H and O–H groups in total. The van der Waals surface area contributed by atoms with Crippen LogP contribution in [-0.4, -0.2) is 32.6 Å². The summed E-state index contributed by atoms with van der Waals surface area (Å²) in [4.78, 5) is 26.3. The normalized spacial score (nSPS) is 10.2. The number of carbonyl (C=O) groups is 2. The zero-order valence-electron chi connectivity index (χ0n) is 15.1. The molecule has 7 heteroatoms. The highest BCUT2D eigenvalue weighted by Crippen LogP contribution is 2.23. The van der Waals surface area contributed by atoms with Gasteiger partial charge in [0.1, 0.15) is 5.82 Å². The summed E-state index contributed by atoms with van der Waals surface area (Å²) in [5, 5.41) is 8.04. The van der Waals surface area contributed by atoms with Crippen molar-refractivity contribution < 1.29 is 14.0 Å². The van der Waals surface area contributed by atoms with Crippen molar-refractivity contribution in [1.82, 2.24) is 5.32 Å². The molecule has 0 saturated carbocycles. The number of amides is 3. The fourth-order valence-corrected chi connectivity index (χ4v) is 2.38. The number of anilines is 3. The number of halogens is 1. The Morgan fingerprint density at radius 3 is 2.35 bits per heavy atom. The van der Waals surface area contributed by atoms with E-state index < -0.39 is 11.8 Å². The maximum atomic E-state index is 13.2. The highest BCUT2D eigenvalue weighted by Gasteiger charge is 2.14. The van der Waals surface area contributed by atoms with Crippen LogP contribution in [0.3, 0.4) is 0 Å². The molecule has 2 aromatic carbocycles. The number of carbonyl (C=O) groups excluding carboxylic acids is 2. The van der Waals surface area contributed by atoms with E-state index >= 15 is 0 Å². The predicted molar refractivity (Wildman–Crippen MR) is 102 cm³/mol. The standard InChI is InChI=1S/C19H23FN4O2/c1-4-10-21-18(25)16-12-15(8-9-17(16)24(2)3)23-19(26)22-14-7-5-6-13(20)11-14/h5-9,11-12H,4,10H2,1-3H3,(H,21,25)(H2,22,23,26). The Hall–Kier alpha value is -3.09. The summed E-state index contributed by atoms with van der Waals surface area (Å²) < 4.78 is 13.2. The minimum absolute atomic E-state index is 0.204. The summed E-state index contributed by atoms with van der Waals surface area (Å²) in [6.45, 7) is 2.55. The SMILES string of the molecule is CCCNC(=O)c1cc(NC(=O)Nc2cccc(F)c2)ccc1N(C)C. The van der Waals surface area contributed by atoms with E-state index in [0.717, 1.165) is 12.1 Å². The van der Waals surface area contributed by atoms with Gasteiger partial charge >= 0.3 is 6.03 Å². The van der Waals surface area contributed by atoms with Crippen LogP contribution in [0.4, 0.5) is 26.2 Å². The van der Waals surface area contributed by atoms with Gasteiger partial charge in [0, 0.05) is 37.7 Å². The second-order valence-electron chi connectivity index (χ2n) is 5.97. The van der Waals surface area contributed by atoms with Crippen LogP contribution in [0.1, 0.15) is 23.7 Å².